The van der Waals surface area contributed by atoms with Crippen molar-refractivity contribution in [2.24, 2.45) is 0 Å². The van der Waals surface area contributed by atoms with Gasteiger partial charge >= 0.3 is 12.4 Å². The van der Waals surface area contributed by atoms with Crippen LogP contribution in [0.2, 0.25) is 0 Å². The predicted octanol–water partition coefficient (Wildman–Crippen LogP) is 8.89. The Morgan fingerprint density at radius 2 is 1.38 bits per heavy atom. The number of nitriles is 1. The normalized spacial score (nSPS) is 12.6. The van der Waals surface area contributed by atoms with Crippen LogP contribution in [0.5, 0.6) is 5.75 Å². The summed E-state index contributed by atoms with van der Waals surface area (Å²) in [5.74, 6) is 0.694. The molecule has 0 aliphatic rings. The standard InChI is InChI=1S/C30H18F6N2O/c1-39-24-9-7-23(8-10-24)38-27-5-3-2-4-25(27)26-13-18(6-11-28(26)38)12-20(17-37)19-14-21(29(31,32)33)16-22(15-19)30(34,35)36/h2-16H,1H3. The lowest BCUT2D eigenvalue weighted by Gasteiger charge is -2.14. The Balaban J connectivity index is 1.67. The van der Waals surface area contributed by atoms with E-state index >= 15 is 0 Å². The predicted molar refractivity (Wildman–Crippen MR) is 137 cm³/mol. The van der Waals surface area contributed by atoms with Gasteiger partial charge < -0.3 is 9.30 Å². The molecule has 0 spiro atoms. The second kappa shape index (κ2) is 9.55. The minimum absolute atomic E-state index is 0.0403. The van der Waals surface area contributed by atoms with E-state index in [1.807, 2.05) is 53.1 Å². The molecule has 0 aliphatic carbocycles. The van der Waals surface area contributed by atoms with Gasteiger partial charge in [-0.15, -0.1) is 0 Å². The van der Waals surface area contributed by atoms with Crippen molar-refractivity contribution in [3.8, 4) is 17.5 Å². The SMILES string of the molecule is COc1ccc(-n2c3ccccc3c3cc(C=C(C#N)c4cc(C(F)(F)F)cc(C(F)(F)F)c4)ccc32)cc1. The summed E-state index contributed by atoms with van der Waals surface area (Å²) in [4.78, 5) is 0. The van der Waals surface area contributed by atoms with Gasteiger partial charge in [-0.3, -0.25) is 0 Å². The highest BCUT2D eigenvalue weighted by Crippen LogP contribution is 2.38. The molecule has 0 bridgehead atoms. The van der Waals surface area contributed by atoms with E-state index in [1.54, 1.807) is 31.4 Å². The minimum atomic E-state index is -5.02. The fraction of sp³-hybridized carbons (Fsp3) is 0.100. The van der Waals surface area contributed by atoms with Crippen molar-refractivity contribution in [2.75, 3.05) is 7.11 Å². The van der Waals surface area contributed by atoms with Gasteiger partial charge in [-0.25, -0.2) is 0 Å². The second-order valence-electron chi connectivity index (χ2n) is 8.79. The fourth-order valence-corrected chi connectivity index (χ4v) is 4.55. The van der Waals surface area contributed by atoms with Crippen LogP contribution < -0.4 is 4.74 Å². The summed E-state index contributed by atoms with van der Waals surface area (Å²) in [6.07, 6.45) is -8.74. The molecule has 9 heteroatoms. The number of aromatic nitrogens is 1. The average molecular weight is 536 g/mol. The number of methoxy groups -OCH3 is 1. The first-order valence-corrected chi connectivity index (χ1v) is 11.6. The molecule has 0 atom stereocenters. The molecule has 4 aromatic carbocycles. The number of rotatable bonds is 4. The number of ether oxygens (including phenoxy) is 1. The van der Waals surface area contributed by atoms with Crippen molar-refractivity contribution in [2.45, 2.75) is 12.4 Å². The molecule has 0 fully saturated rings. The first-order chi connectivity index (χ1) is 18.5. The smallest absolute Gasteiger partial charge is 0.416 e. The van der Waals surface area contributed by atoms with Crippen LogP contribution in [-0.4, -0.2) is 11.7 Å². The Hall–Kier alpha value is -4.71. The van der Waals surface area contributed by atoms with Crippen LogP contribution >= 0.6 is 0 Å². The molecule has 0 amide bonds. The monoisotopic (exact) mass is 536 g/mol. The number of allylic oxidation sites excluding steroid dienone is 1. The van der Waals surface area contributed by atoms with Crippen molar-refractivity contribution in [1.82, 2.24) is 4.57 Å². The molecular formula is C30H18F6N2O. The molecule has 0 aliphatic heterocycles. The molecule has 5 rings (SSSR count). The van der Waals surface area contributed by atoms with Gasteiger partial charge in [0.25, 0.3) is 0 Å². The van der Waals surface area contributed by atoms with E-state index in [4.69, 9.17) is 4.74 Å². The van der Waals surface area contributed by atoms with Gasteiger partial charge in [-0.1, -0.05) is 24.3 Å². The minimum Gasteiger partial charge on any atom is -0.497 e. The molecule has 0 N–H and O–H groups in total. The van der Waals surface area contributed by atoms with Gasteiger partial charge in [0.15, 0.2) is 0 Å². The molecule has 39 heavy (non-hydrogen) atoms. The number of benzene rings is 4. The summed E-state index contributed by atoms with van der Waals surface area (Å²) < 4.78 is 87.4. The number of hydrogen-bond donors (Lipinski definition) is 0. The van der Waals surface area contributed by atoms with E-state index in [-0.39, 0.29) is 11.6 Å². The molecule has 5 aromatic rings. The Kier molecular flexibility index (Phi) is 6.35. The lowest BCUT2D eigenvalue weighted by atomic mass is 9.97. The van der Waals surface area contributed by atoms with Gasteiger partial charge in [0.2, 0.25) is 0 Å². The van der Waals surface area contributed by atoms with E-state index in [1.165, 1.54) is 6.08 Å². The average Bonchev–Trinajstić information content (AvgIpc) is 3.24. The lowest BCUT2D eigenvalue weighted by Crippen LogP contribution is -2.11. The molecule has 3 nitrogen and oxygen atoms in total. The van der Waals surface area contributed by atoms with E-state index in [0.29, 0.717) is 23.4 Å². The van der Waals surface area contributed by atoms with Crippen molar-refractivity contribution in [3.63, 3.8) is 0 Å². The van der Waals surface area contributed by atoms with Gasteiger partial charge in [0.1, 0.15) is 5.75 Å². The summed E-state index contributed by atoms with van der Waals surface area (Å²) in [7, 11) is 1.57. The topological polar surface area (TPSA) is 38.0 Å². The van der Waals surface area contributed by atoms with E-state index in [2.05, 4.69) is 0 Å². The third-order valence-electron chi connectivity index (χ3n) is 6.36. The van der Waals surface area contributed by atoms with E-state index < -0.39 is 29.0 Å². The number of halogens is 6. The number of alkyl halides is 6. The molecule has 0 saturated heterocycles. The van der Waals surface area contributed by atoms with Gasteiger partial charge in [-0.2, -0.15) is 31.6 Å². The highest BCUT2D eigenvalue weighted by molar-refractivity contribution is 6.10. The van der Waals surface area contributed by atoms with Crippen LogP contribution in [0, 0.1) is 11.3 Å². The second-order valence-corrected chi connectivity index (χ2v) is 8.79. The lowest BCUT2D eigenvalue weighted by molar-refractivity contribution is -0.143. The quantitative estimate of drug-likeness (QED) is 0.131. The van der Waals surface area contributed by atoms with Crippen molar-refractivity contribution in [3.05, 3.63) is 107 Å². The van der Waals surface area contributed by atoms with Crippen LogP contribution in [0.4, 0.5) is 26.3 Å². The van der Waals surface area contributed by atoms with E-state index in [9.17, 15) is 31.6 Å². The van der Waals surface area contributed by atoms with E-state index in [0.717, 1.165) is 27.5 Å². The fourth-order valence-electron chi connectivity index (χ4n) is 4.55. The highest BCUT2D eigenvalue weighted by atomic mass is 19.4. The summed E-state index contributed by atoms with van der Waals surface area (Å²) in [5.41, 5.74) is -0.722. The maximum Gasteiger partial charge on any atom is 0.416 e. The Bertz CT molecular complexity index is 1740. The largest absolute Gasteiger partial charge is 0.497 e. The number of hydrogen-bond acceptors (Lipinski definition) is 2. The van der Waals surface area contributed by atoms with Crippen molar-refractivity contribution >= 4 is 33.5 Å². The summed E-state index contributed by atoms with van der Waals surface area (Å²) in [6.45, 7) is 0. The van der Waals surface area contributed by atoms with Crippen molar-refractivity contribution < 1.29 is 31.1 Å². The third-order valence-corrected chi connectivity index (χ3v) is 6.36. The maximum absolute atomic E-state index is 13.4. The molecule has 1 aromatic heterocycles. The summed E-state index contributed by atoms with van der Waals surface area (Å²) in [5, 5.41) is 11.4. The first kappa shape index (κ1) is 25.9. The zero-order chi connectivity index (χ0) is 27.9. The van der Waals surface area contributed by atoms with Crippen LogP contribution in [0.1, 0.15) is 22.3 Å². The molecular weight excluding hydrogens is 518 g/mol. The van der Waals surface area contributed by atoms with Gasteiger partial charge in [-0.05, 0) is 77.9 Å². The third kappa shape index (κ3) is 4.93. The first-order valence-electron chi connectivity index (χ1n) is 11.6. The van der Waals surface area contributed by atoms with Crippen molar-refractivity contribution in [1.29, 1.82) is 5.26 Å². The number of nitrogens with zero attached hydrogens (tertiary/aromatic N) is 2. The number of para-hydroxylation sites is 1. The van der Waals surface area contributed by atoms with Crippen LogP contribution in [0.15, 0.2) is 84.9 Å². The molecule has 0 unspecified atom stereocenters. The van der Waals surface area contributed by atoms with Gasteiger partial charge in [0.05, 0.1) is 40.9 Å². The molecule has 196 valence electrons. The van der Waals surface area contributed by atoms with Crippen LogP contribution in [-0.2, 0) is 12.4 Å². The molecule has 0 radical (unpaired) electrons. The zero-order valence-corrected chi connectivity index (χ0v) is 20.2. The zero-order valence-electron chi connectivity index (χ0n) is 20.2. The summed E-state index contributed by atoms with van der Waals surface area (Å²) in [6, 6.07) is 23.2. The molecule has 1 heterocycles. The maximum atomic E-state index is 13.4. The Morgan fingerprint density at radius 1 is 0.769 bits per heavy atom. The Labute approximate surface area is 218 Å². The van der Waals surface area contributed by atoms with Crippen LogP contribution in [0.3, 0.4) is 0 Å². The van der Waals surface area contributed by atoms with Gasteiger partial charge in [0, 0.05) is 16.5 Å². The highest BCUT2D eigenvalue weighted by Gasteiger charge is 2.37. The van der Waals surface area contributed by atoms with Crippen LogP contribution in [0.25, 0.3) is 39.1 Å². The molecule has 0 saturated carbocycles. The Morgan fingerprint density at radius 3 is 1.97 bits per heavy atom. The number of fused-ring (bicyclic) bond motifs is 3. The summed E-state index contributed by atoms with van der Waals surface area (Å²) >= 11 is 0.